The van der Waals surface area contributed by atoms with Crippen molar-refractivity contribution >= 4 is 5.91 Å². The summed E-state index contributed by atoms with van der Waals surface area (Å²) >= 11 is 0. The minimum Gasteiger partial charge on any atom is -0.389 e. The van der Waals surface area contributed by atoms with Crippen molar-refractivity contribution in [2.75, 3.05) is 20.1 Å². The highest BCUT2D eigenvalue weighted by Crippen LogP contribution is 2.31. The van der Waals surface area contributed by atoms with E-state index in [-0.39, 0.29) is 18.0 Å². The van der Waals surface area contributed by atoms with Crippen LogP contribution in [0.2, 0.25) is 0 Å². The summed E-state index contributed by atoms with van der Waals surface area (Å²) in [6, 6.07) is 0.0965. The molecule has 0 radical (unpaired) electrons. The summed E-state index contributed by atoms with van der Waals surface area (Å²) in [5, 5.41) is 15.4. The molecule has 2 fully saturated rings. The van der Waals surface area contributed by atoms with Gasteiger partial charge in [-0.2, -0.15) is 5.10 Å². The molecule has 0 aromatic carbocycles. The molecule has 6 nitrogen and oxygen atoms in total. The number of likely N-dealkylation sites (tertiary alicyclic amines) is 1. The molecular formula is C19H32N4O2. The van der Waals surface area contributed by atoms with Crippen molar-refractivity contribution in [2.45, 2.75) is 77.6 Å². The second-order valence-corrected chi connectivity index (χ2v) is 7.63. The van der Waals surface area contributed by atoms with Crippen LogP contribution in [0.15, 0.2) is 0 Å². The Kier molecular flexibility index (Phi) is 5.49. The van der Waals surface area contributed by atoms with Crippen LogP contribution >= 0.6 is 0 Å². The maximum Gasteiger partial charge on any atom is 0.257 e. The van der Waals surface area contributed by atoms with Crippen molar-refractivity contribution in [3.05, 3.63) is 17.0 Å². The lowest BCUT2D eigenvalue weighted by Gasteiger charge is -2.32. The Morgan fingerprint density at radius 1 is 1.28 bits per heavy atom. The van der Waals surface area contributed by atoms with Crippen molar-refractivity contribution in [1.29, 1.82) is 0 Å². The van der Waals surface area contributed by atoms with E-state index in [0.717, 1.165) is 50.3 Å². The first kappa shape index (κ1) is 18.4. The number of aryl methyl sites for hydroxylation is 2. The topological polar surface area (TPSA) is 61.6 Å². The molecule has 1 saturated carbocycles. The van der Waals surface area contributed by atoms with E-state index >= 15 is 0 Å². The molecule has 3 rings (SSSR count). The molecular weight excluding hydrogens is 316 g/mol. The van der Waals surface area contributed by atoms with Gasteiger partial charge in [0.05, 0.1) is 23.4 Å². The van der Waals surface area contributed by atoms with Crippen molar-refractivity contribution in [2.24, 2.45) is 0 Å². The van der Waals surface area contributed by atoms with E-state index in [2.05, 4.69) is 16.9 Å². The molecule has 1 aliphatic heterocycles. The zero-order chi connectivity index (χ0) is 18.1. The fourth-order valence-corrected chi connectivity index (χ4v) is 4.60. The quantitative estimate of drug-likeness (QED) is 0.884. The van der Waals surface area contributed by atoms with Gasteiger partial charge in [-0.1, -0.05) is 6.92 Å². The molecule has 25 heavy (non-hydrogen) atoms. The van der Waals surface area contributed by atoms with Gasteiger partial charge in [-0.05, 0) is 59.0 Å². The number of carbonyl (C=O) groups excluding carboxylic acids is 1. The largest absolute Gasteiger partial charge is 0.389 e. The van der Waals surface area contributed by atoms with Crippen molar-refractivity contribution in [3.63, 3.8) is 0 Å². The molecule has 6 heteroatoms. The van der Waals surface area contributed by atoms with E-state index in [0.29, 0.717) is 5.56 Å². The number of aliphatic hydroxyl groups excluding tert-OH is 1. The number of rotatable bonds is 5. The molecule has 2 heterocycles. The Morgan fingerprint density at radius 2 is 1.96 bits per heavy atom. The van der Waals surface area contributed by atoms with Gasteiger partial charge in [0.1, 0.15) is 0 Å². The zero-order valence-corrected chi connectivity index (χ0v) is 16.0. The Morgan fingerprint density at radius 3 is 2.60 bits per heavy atom. The minimum atomic E-state index is -0.460. The van der Waals surface area contributed by atoms with Gasteiger partial charge in [0.25, 0.3) is 5.91 Å². The average molecular weight is 348 g/mol. The first-order valence-electron chi connectivity index (χ1n) is 9.69. The highest BCUT2D eigenvalue weighted by atomic mass is 16.3. The predicted octanol–water partition coefficient (Wildman–Crippen LogP) is 1.97. The zero-order valence-electron chi connectivity index (χ0n) is 16.0. The third-order valence-corrected chi connectivity index (χ3v) is 6.00. The molecule has 1 N–H and O–H groups in total. The van der Waals surface area contributed by atoms with Crippen LogP contribution in [-0.4, -0.2) is 68.9 Å². The van der Waals surface area contributed by atoms with E-state index in [9.17, 15) is 9.90 Å². The first-order valence-corrected chi connectivity index (χ1v) is 9.69. The molecule has 1 aromatic rings. The summed E-state index contributed by atoms with van der Waals surface area (Å²) in [7, 11) is 1.83. The maximum atomic E-state index is 13.1. The van der Waals surface area contributed by atoms with Gasteiger partial charge < -0.3 is 10.0 Å². The second-order valence-electron chi connectivity index (χ2n) is 7.63. The normalized spacial score (nSPS) is 27.2. The van der Waals surface area contributed by atoms with Gasteiger partial charge >= 0.3 is 0 Å². The number of carbonyl (C=O) groups is 1. The summed E-state index contributed by atoms with van der Waals surface area (Å²) in [5.74, 6) is -0.0107. The van der Waals surface area contributed by atoms with Gasteiger partial charge in [0.15, 0.2) is 0 Å². The molecule has 2 aliphatic rings. The van der Waals surface area contributed by atoms with Crippen LogP contribution in [0.4, 0.5) is 0 Å². The number of aliphatic hydroxyl groups is 1. The summed E-state index contributed by atoms with van der Waals surface area (Å²) in [6.07, 6.45) is 4.81. The van der Waals surface area contributed by atoms with Gasteiger partial charge in [-0.3, -0.25) is 14.4 Å². The van der Waals surface area contributed by atoms with Gasteiger partial charge in [0.2, 0.25) is 0 Å². The standard InChI is InChI=1S/C19H32N4O2/c1-5-10-23-14(3)17(13(2)20-23)19(25)21(4)15-8-9-16(18(15)24)22-11-6-7-12-22/h15-16,18,24H,5-12H2,1-4H3/t15-,16-,18-/m1/s1. The Hall–Kier alpha value is -1.40. The number of amides is 1. The van der Waals surface area contributed by atoms with Crippen LogP contribution in [0, 0.1) is 13.8 Å². The monoisotopic (exact) mass is 348 g/mol. The third-order valence-electron chi connectivity index (χ3n) is 6.00. The third kappa shape index (κ3) is 3.34. The van der Waals surface area contributed by atoms with E-state index in [1.807, 2.05) is 25.6 Å². The van der Waals surface area contributed by atoms with E-state index in [4.69, 9.17) is 0 Å². The van der Waals surface area contributed by atoms with Crippen molar-refractivity contribution in [3.8, 4) is 0 Å². The van der Waals surface area contributed by atoms with Crippen LogP contribution in [0.25, 0.3) is 0 Å². The summed E-state index contributed by atoms with van der Waals surface area (Å²) in [6.45, 7) is 8.96. The van der Waals surface area contributed by atoms with Crippen molar-refractivity contribution in [1.82, 2.24) is 19.6 Å². The molecule has 1 aliphatic carbocycles. The van der Waals surface area contributed by atoms with Gasteiger partial charge in [-0.25, -0.2) is 0 Å². The smallest absolute Gasteiger partial charge is 0.257 e. The summed E-state index contributed by atoms with van der Waals surface area (Å²) in [5.41, 5.74) is 2.42. The molecule has 3 atom stereocenters. The van der Waals surface area contributed by atoms with E-state index < -0.39 is 6.10 Å². The molecule has 0 spiro atoms. The number of aromatic nitrogens is 2. The number of nitrogens with zero attached hydrogens (tertiary/aromatic N) is 4. The molecule has 0 bridgehead atoms. The van der Waals surface area contributed by atoms with Gasteiger partial charge in [0, 0.05) is 25.3 Å². The summed E-state index contributed by atoms with van der Waals surface area (Å²) in [4.78, 5) is 17.3. The highest BCUT2D eigenvalue weighted by molar-refractivity contribution is 5.96. The lowest BCUT2D eigenvalue weighted by molar-refractivity contribution is 0.0295. The fraction of sp³-hybridized carbons (Fsp3) is 0.789. The second kappa shape index (κ2) is 7.46. The molecule has 0 unspecified atom stereocenters. The van der Waals surface area contributed by atoms with E-state index in [1.54, 1.807) is 4.90 Å². The Balaban J connectivity index is 1.74. The maximum absolute atomic E-state index is 13.1. The molecule has 1 amide bonds. The molecule has 1 aromatic heterocycles. The van der Waals surface area contributed by atoms with Gasteiger partial charge in [-0.15, -0.1) is 0 Å². The van der Waals surface area contributed by atoms with Crippen molar-refractivity contribution < 1.29 is 9.90 Å². The number of hydrogen-bond donors (Lipinski definition) is 1. The van der Waals surface area contributed by atoms with Crippen LogP contribution in [0.5, 0.6) is 0 Å². The first-order chi connectivity index (χ1) is 12.0. The number of likely N-dealkylation sites (N-methyl/N-ethyl adjacent to an activating group) is 1. The lowest BCUT2D eigenvalue weighted by atomic mass is 10.1. The fourth-order valence-electron chi connectivity index (χ4n) is 4.60. The molecule has 1 saturated heterocycles. The van der Waals surface area contributed by atoms with Crippen LogP contribution < -0.4 is 0 Å². The minimum absolute atomic E-state index is 0.0107. The summed E-state index contributed by atoms with van der Waals surface area (Å²) < 4.78 is 1.93. The van der Waals surface area contributed by atoms with Crippen LogP contribution in [-0.2, 0) is 6.54 Å². The SMILES string of the molecule is CCCn1nc(C)c(C(=O)N(C)[C@@H]2CC[C@@H](N3CCCC3)[C@@H]2O)c1C. The lowest BCUT2D eigenvalue weighted by Crippen LogP contribution is -2.48. The Bertz CT molecular complexity index is 621. The molecule has 140 valence electrons. The van der Waals surface area contributed by atoms with E-state index in [1.165, 1.54) is 12.8 Å². The Labute approximate surface area is 150 Å². The van der Waals surface area contributed by atoms with Crippen LogP contribution in [0.3, 0.4) is 0 Å². The predicted molar refractivity (Wildman–Crippen MR) is 97.7 cm³/mol. The van der Waals surface area contributed by atoms with Crippen LogP contribution in [0.1, 0.15) is 60.8 Å². The number of hydrogen-bond acceptors (Lipinski definition) is 4. The highest BCUT2D eigenvalue weighted by Gasteiger charge is 2.42. The average Bonchev–Trinajstić information content (AvgIpc) is 3.28.